The lowest BCUT2D eigenvalue weighted by atomic mass is 10.1. The summed E-state index contributed by atoms with van der Waals surface area (Å²) in [5, 5.41) is 9.05. The molecule has 1 aromatic carbocycles. The summed E-state index contributed by atoms with van der Waals surface area (Å²) in [6.07, 6.45) is -6.46. The van der Waals surface area contributed by atoms with Gasteiger partial charge in [0.15, 0.2) is 0 Å². The van der Waals surface area contributed by atoms with Gasteiger partial charge in [-0.25, -0.2) is 4.79 Å². The van der Waals surface area contributed by atoms with Crippen molar-refractivity contribution in [2.45, 2.75) is 30.7 Å². The fraction of sp³-hybridized carbons (Fsp3) is 0.529. The van der Waals surface area contributed by atoms with E-state index in [0.29, 0.717) is 6.42 Å². The molecule has 0 bridgehead atoms. The fourth-order valence-corrected chi connectivity index (χ4v) is 3.34. The first-order valence-electron chi connectivity index (χ1n) is 8.29. The molecular weight excluding hydrogens is 353 g/mol. The highest BCUT2D eigenvalue weighted by molar-refractivity contribution is 5.82. The van der Waals surface area contributed by atoms with Crippen LogP contribution >= 0.6 is 0 Å². The van der Waals surface area contributed by atoms with Gasteiger partial charge in [0.25, 0.3) is 0 Å². The SMILES string of the molecule is O=C(O)N1CCOC(CN(C(=O)C(F)(F)F)[C@@H]2C[C@H]2c2ccccc2)C1. The molecule has 1 N–H and O–H groups in total. The maximum atomic E-state index is 13.0. The Labute approximate surface area is 148 Å². The minimum atomic E-state index is -4.98. The van der Waals surface area contributed by atoms with Gasteiger partial charge >= 0.3 is 18.2 Å². The molecular formula is C17H19F3N2O4. The number of amides is 2. The first kappa shape index (κ1) is 18.5. The summed E-state index contributed by atoms with van der Waals surface area (Å²) in [7, 11) is 0. The summed E-state index contributed by atoms with van der Waals surface area (Å²) in [4.78, 5) is 24.9. The Morgan fingerprint density at radius 1 is 1.27 bits per heavy atom. The molecule has 0 aromatic heterocycles. The Balaban J connectivity index is 1.73. The monoisotopic (exact) mass is 372 g/mol. The molecule has 1 unspecified atom stereocenters. The van der Waals surface area contributed by atoms with Gasteiger partial charge in [-0.15, -0.1) is 0 Å². The summed E-state index contributed by atoms with van der Waals surface area (Å²) in [6.45, 7) is -0.0806. The fourth-order valence-electron chi connectivity index (χ4n) is 3.34. The van der Waals surface area contributed by atoms with E-state index >= 15 is 0 Å². The largest absolute Gasteiger partial charge is 0.471 e. The third kappa shape index (κ3) is 4.09. The number of carbonyl (C=O) groups excluding carboxylic acids is 1. The van der Waals surface area contributed by atoms with Crippen LogP contribution in [0.5, 0.6) is 0 Å². The number of nitrogens with zero attached hydrogens (tertiary/aromatic N) is 2. The molecule has 3 rings (SSSR count). The Bertz CT molecular complexity index is 668. The number of halogens is 3. The zero-order valence-electron chi connectivity index (χ0n) is 13.9. The summed E-state index contributed by atoms with van der Waals surface area (Å²) >= 11 is 0. The van der Waals surface area contributed by atoms with Crippen LogP contribution in [0, 0.1) is 0 Å². The molecule has 3 atom stereocenters. The number of benzene rings is 1. The van der Waals surface area contributed by atoms with Crippen LogP contribution in [0.1, 0.15) is 17.9 Å². The number of hydrogen-bond donors (Lipinski definition) is 1. The van der Waals surface area contributed by atoms with Crippen molar-refractivity contribution in [3.05, 3.63) is 35.9 Å². The molecule has 142 valence electrons. The lowest BCUT2D eigenvalue weighted by Crippen LogP contribution is -2.53. The van der Waals surface area contributed by atoms with Crippen molar-refractivity contribution < 1.29 is 32.6 Å². The molecule has 2 fully saturated rings. The number of rotatable bonds is 4. The topological polar surface area (TPSA) is 70.1 Å². The lowest BCUT2D eigenvalue weighted by molar-refractivity contribution is -0.188. The summed E-state index contributed by atoms with van der Waals surface area (Å²) in [6, 6.07) is 8.51. The van der Waals surface area contributed by atoms with E-state index < -0.39 is 30.3 Å². The normalized spacial score (nSPS) is 25.7. The summed E-state index contributed by atoms with van der Waals surface area (Å²) < 4.78 is 44.5. The number of morpholine rings is 1. The average molecular weight is 372 g/mol. The molecule has 1 heterocycles. The van der Waals surface area contributed by atoms with Gasteiger partial charge in [0.2, 0.25) is 0 Å². The van der Waals surface area contributed by atoms with Crippen molar-refractivity contribution in [3.63, 3.8) is 0 Å². The summed E-state index contributed by atoms with van der Waals surface area (Å²) in [5.74, 6) is -2.06. The molecule has 1 aromatic rings. The molecule has 1 aliphatic carbocycles. The zero-order valence-corrected chi connectivity index (χ0v) is 13.9. The van der Waals surface area contributed by atoms with Crippen LogP contribution in [0.15, 0.2) is 30.3 Å². The molecule has 6 nitrogen and oxygen atoms in total. The van der Waals surface area contributed by atoms with Crippen molar-refractivity contribution >= 4 is 12.0 Å². The number of ether oxygens (including phenoxy) is 1. The number of hydrogen-bond acceptors (Lipinski definition) is 3. The number of alkyl halides is 3. The van der Waals surface area contributed by atoms with Crippen molar-refractivity contribution in [1.82, 2.24) is 9.80 Å². The first-order valence-corrected chi connectivity index (χ1v) is 8.29. The highest BCUT2D eigenvalue weighted by atomic mass is 19.4. The molecule has 2 amide bonds. The molecule has 2 aliphatic rings. The van der Waals surface area contributed by atoms with E-state index in [1.54, 1.807) is 12.1 Å². The van der Waals surface area contributed by atoms with E-state index in [2.05, 4.69) is 0 Å². The van der Waals surface area contributed by atoms with E-state index in [-0.39, 0.29) is 32.2 Å². The van der Waals surface area contributed by atoms with Gasteiger partial charge in [-0.3, -0.25) is 4.79 Å². The Morgan fingerprint density at radius 3 is 2.58 bits per heavy atom. The quantitative estimate of drug-likeness (QED) is 0.881. The second kappa shape index (κ2) is 7.14. The van der Waals surface area contributed by atoms with Crippen LogP contribution in [0.3, 0.4) is 0 Å². The minimum Gasteiger partial charge on any atom is -0.465 e. The highest BCUT2D eigenvalue weighted by Gasteiger charge is 2.52. The number of carbonyl (C=O) groups is 2. The molecule has 9 heteroatoms. The molecule has 0 spiro atoms. The van der Waals surface area contributed by atoms with Crippen molar-refractivity contribution in [2.24, 2.45) is 0 Å². The van der Waals surface area contributed by atoms with E-state index in [4.69, 9.17) is 9.84 Å². The second-order valence-electron chi connectivity index (χ2n) is 6.50. The smallest absolute Gasteiger partial charge is 0.465 e. The van der Waals surface area contributed by atoms with Gasteiger partial charge in [-0.05, 0) is 12.0 Å². The molecule has 1 aliphatic heterocycles. The Kier molecular flexibility index (Phi) is 5.08. The van der Waals surface area contributed by atoms with Crippen molar-refractivity contribution in [1.29, 1.82) is 0 Å². The van der Waals surface area contributed by atoms with Gasteiger partial charge in [0, 0.05) is 25.0 Å². The van der Waals surface area contributed by atoms with Crippen LogP contribution < -0.4 is 0 Å². The van der Waals surface area contributed by atoms with Gasteiger partial charge in [0.1, 0.15) is 0 Å². The minimum absolute atomic E-state index is 0.0559. The predicted octanol–water partition coefficient (Wildman–Crippen LogP) is 2.31. The van der Waals surface area contributed by atoms with Crippen LogP contribution in [0.4, 0.5) is 18.0 Å². The van der Waals surface area contributed by atoms with Gasteiger partial charge in [-0.1, -0.05) is 30.3 Å². The average Bonchev–Trinajstić information content (AvgIpc) is 3.40. The first-order chi connectivity index (χ1) is 12.3. The lowest BCUT2D eigenvalue weighted by Gasteiger charge is -2.35. The molecule has 1 saturated heterocycles. The van der Waals surface area contributed by atoms with E-state index in [0.717, 1.165) is 15.4 Å². The van der Waals surface area contributed by atoms with Crippen molar-refractivity contribution in [3.8, 4) is 0 Å². The van der Waals surface area contributed by atoms with Gasteiger partial charge in [0.05, 0.1) is 19.3 Å². The van der Waals surface area contributed by atoms with Gasteiger partial charge in [-0.2, -0.15) is 13.2 Å². The zero-order chi connectivity index (χ0) is 18.9. The van der Waals surface area contributed by atoms with Crippen LogP contribution in [0.25, 0.3) is 0 Å². The predicted molar refractivity (Wildman–Crippen MR) is 84.7 cm³/mol. The third-order valence-electron chi connectivity index (χ3n) is 4.70. The second-order valence-corrected chi connectivity index (χ2v) is 6.50. The van der Waals surface area contributed by atoms with Gasteiger partial charge < -0.3 is 19.6 Å². The molecule has 0 radical (unpaired) electrons. The maximum absolute atomic E-state index is 13.0. The van der Waals surface area contributed by atoms with Crippen molar-refractivity contribution in [2.75, 3.05) is 26.2 Å². The Morgan fingerprint density at radius 2 is 1.96 bits per heavy atom. The van der Waals surface area contributed by atoms with Crippen LogP contribution in [-0.4, -0.2) is 71.5 Å². The maximum Gasteiger partial charge on any atom is 0.471 e. The standard InChI is InChI=1S/C17H19F3N2O4/c18-17(19,20)15(23)22(10-12-9-21(16(24)25)6-7-26-12)14-8-13(14)11-4-2-1-3-5-11/h1-5,12-14H,6-10H2,(H,24,25)/t12?,13-,14+/m0/s1. The van der Waals surface area contributed by atoms with E-state index in [1.807, 2.05) is 18.2 Å². The molecule has 1 saturated carbocycles. The third-order valence-corrected chi connectivity index (χ3v) is 4.70. The van der Waals surface area contributed by atoms with E-state index in [9.17, 15) is 22.8 Å². The Hall–Kier alpha value is -2.29. The van der Waals surface area contributed by atoms with E-state index in [1.165, 1.54) is 0 Å². The molecule has 26 heavy (non-hydrogen) atoms. The highest BCUT2D eigenvalue weighted by Crippen LogP contribution is 2.45. The number of carboxylic acid groups (broad SMARTS) is 1. The van der Waals surface area contributed by atoms with Crippen LogP contribution in [-0.2, 0) is 9.53 Å². The van der Waals surface area contributed by atoms with Crippen LogP contribution in [0.2, 0.25) is 0 Å². The summed E-state index contributed by atoms with van der Waals surface area (Å²) in [5.41, 5.74) is 0.884.